The SMILES string of the molecule is Cc1cc(-c2cc(C)c(N=Cc3ccccc3)c(C)c2)cc(C)c1N=Cc1ccccc1.Cc1cc(-c2cc(C)c(N=Cc3ccccc3)c(C)c2)cc(C)c1N=Cc1ccccc1.Cc1cc(-c2cc(C)c(N=Cc3ccccc3)c(C)c2)cc(C)c1N=Cc1ccccc1. The van der Waals surface area contributed by atoms with Crippen LogP contribution in [0.4, 0.5) is 34.1 Å². The monoisotopic (exact) mass is 1250 g/mol. The van der Waals surface area contributed by atoms with Crippen molar-refractivity contribution in [3.05, 3.63) is 355 Å². The van der Waals surface area contributed by atoms with Gasteiger partial charge in [0.05, 0.1) is 34.1 Å². The molecule has 0 aliphatic carbocycles. The first-order valence-corrected chi connectivity index (χ1v) is 32.8. The van der Waals surface area contributed by atoms with Gasteiger partial charge in [-0.25, -0.2) is 0 Å². The van der Waals surface area contributed by atoms with E-state index in [0.29, 0.717) is 0 Å². The highest BCUT2D eigenvalue weighted by Crippen LogP contribution is 2.38. The normalized spacial score (nSPS) is 11.5. The molecule has 0 aliphatic rings. The molecule has 0 aliphatic heterocycles. The van der Waals surface area contributed by atoms with Crippen LogP contribution in [-0.4, -0.2) is 37.3 Å². The molecule has 0 heterocycles. The van der Waals surface area contributed by atoms with E-state index in [1.165, 1.54) is 100 Å². The average molecular weight is 1250 g/mol. The number of hydrogen-bond acceptors (Lipinski definition) is 6. The van der Waals surface area contributed by atoms with Gasteiger partial charge in [0, 0.05) is 37.3 Å². The summed E-state index contributed by atoms with van der Waals surface area (Å²) in [4.78, 5) is 28.6. The lowest BCUT2D eigenvalue weighted by Gasteiger charge is -2.13. The molecule has 6 nitrogen and oxygen atoms in total. The van der Waals surface area contributed by atoms with E-state index >= 15 is 0 Å². The Hall–Kier alpha value is -11.3. The van der Waals surface area contributed by atoms with E-state index in [1.807, 2.05) is 146 Å². The number of rotatable bonds is 15. The van der Waals surface area contributed by atoms with Crippen LogP contribution in [0, 0.1) is 83.1 Å². The highest BCUT2D eigenvalue weighted by molar-refractivity contribution is 5.89. The molecule has 0 saturated heterocycles. The molecule has 0 saturated carbocycles. The van der Waals surface area contributed by atoms with Crippen molar-refractivity contribution in [2.45, 2.75) is 83.1 Å². The molecule has 0 unspecified atom stereocenters. The van der Waals surface area contributed by atoms with Crippen molar-refractivity contribution < 1.29 is 0 Å². The first-order valence-electron chi connectivity index (χ1n) is 32.8. The lowest BCUT2D eigenvalue weighted by atomic mass is 9.95. The fourth-order valence-electron chi connectivity index (χ4n) is 12.0. The van der Waals surface area contributed by atoms with E-state index in [2.05, 4.69) is 229 Å². The molecule has 0 bridgehead atoms. The Morgan fingerprint density at radius 1 is 0.156 bits per heavy atom. The molecule has 12 aromatic carbocycles. The van der Waals surface area contributed by atoms with Gasteiger partial charge in [-0.3, -0.25) is 30.0 Å². The van der Waals surface area contributed by atoms with Crippen LogP contribution in [0.15, 0.2) is 285 Å². The molecule has 96 heavy (non-hydrogen) atoms. The maximum atomic E-state index is 4.77. The van der Waals surface area contributed by atoms with Gasteiger partial charge in [-0.15, -0.1) is 0 Å². The Kier molecular flexibility index (Phi) is 22.9. The molecule has 6 heteroatoms. The van der Waals surface area contributed by atoms with E-state index in [9.17, 15) is 0 Å². The third-order valence-corrected chi connectivity index (χ3v) is 16.8. The summed E-state index contributed by atoms with van der Waals surface area (Å²) < 4.78 is 0. The second kappa shape index (κ2) is 32.5. The molecule has 0 radical (unpaired) electrons. The molecule has 474 valence electrons. The van der Waals surface area contributed by atoms with Crippen molar-refractivity contribution in [1.29, 1.82) is 0 Å². The van der Waals surface area contributed by atoms with Crippen LogP contribution in [0.3, 0.4) is 0 Å². The Bertz CT molecular complexity index is 3890. The number of aliphatic imine (C=N–C) groups is 6. The van der Waals surface area contributed by atoms with Crippen LogP contribution < -0.4 is 0 Å². The van der Waals surface area contributed by atoms with Crippen molar-refractivity contribution in [1.82, 2.24) is 0 Å². The van der Waals surface area contributed by atoms with Crippen molar-refractivity contribution in [3.63, 3.8) is 0 Å². The zero-order valence-corrected chi connectivity index (χ0v) is 57.4. The van der Waals surface area contributed by atoms with Crippen molar-refractivity contribution in [2.24, 2.45) is 30.0 Å². The van der Waals surface area contributed by atoms with Crippen LogP contribution >= 0.6 is 0 Å². The van der Waals surface area contributed by atoms with E-state index in [4.69, 9.17) is 30.0 Å². The van der Waals surface area contributed by atoms with E-state index < -0.39 is 0 Å². The summed E-state index contributed by atoms with van der Waals surface area (Å²) in [5.41, 5.74) is 34.2. The Morgan fingerprint density at radius 3 is 0.365 bits per heavy atom. The summed E-state index contributed by atoms with van der Waals surface area (Å²) in [6.45, 7) is 25.6. The topological polar surface area (TPSA) is 74.2 Å². The molecule has 0 spiro atoms. The molecule has 12 rings (SSSR count). The fraction of sp³-hybridized carbons (Fsp3) is 0.133. The summed E-state index contributed by atoms with van der Waals surface area (Å²) in [6.07, 6.45) is 11.6. The molecule has 0 atom stereocenters. The quantitative estimate of drug-likeness (QED) is 0.0918. The first kappa shape index (κ1) is 67.5. The largest absolute Gasteiger partial charge is 0.256 e. The number of nitrogens with zero attached hydrogens (tertiary/aromatic N) is 6. The van der Waals surface area contributed by atoms with Crippen LogP contribution in [0.25, 0.3) is 33.4 Å². The third kappa shape index (κ3) is 18.1. The molecular formula is C90H84N6. The highest BCUT2D eigenvalue weighted by Gasteiger charge is 2.14. The van der Waals surface area contributed by atoms with Crippen LogP contribution in [0.5, 0.6) is 0 Å². The van der Waals surface area contributed by atoms with Gasteiger partial charge in [0.2, 0.25) is 0 Å². The lowest BCUT2D eigenvalue weighted by molar-refractivity contribution is 1.31. The van der Waals surface area contributed by atoms with E-state index in [-0.39, 0.29) is 0 Å². The van der Waals surface area contributed by atoms with Crippen molar-refractivity contribution >= 4 is 71.4 Å². The van der Waals surface area contributed by atoms with E-state index in [1.54, 1.807) is 0 Å². The molecule has 0 fully saturated rings. The maximum absolute atomic E-state index is 4.77. The summed E-state index contributed by atoms with van der Waals surface area (Å²) in [5.74, 6) is 0. The lowest BCUT2D eigenvalue weighted by Crippen LogP contribution is -1.90. The molecule has 12 aromatic rings. The second-order valence-electron chi connectivity index (χ2n) is 24.8. The summed E-state index contributed by atoms with van der Waals surface area (Å²) in [5, 5.41) is 0. The minimum absolute atomic E-state index is 1.04. The summed E-state index contributed by atoms with van der Waals surface area (Å²) in [7, 11) is 0. The van der Waals surface area contributed by atoms with Gasteiger partial charge in [0.15, 0.2) is 0 Å². The third-order valence-electron chi connectivity index (χ3n) is 16.8. The summed E-state index contributed by atoms with van der Waals surface area (Å²) in [6, 6.07) is 88.0. The van der Waals surface area contributed by atoms with E-state index in [0.717, 1.165) is 67.5 Å². The van der Waals surface area contributed by atoms with Gasteiger partial charge >= 0.3 is 0 Å². The fourth-order valence-corrected chi connectivity index (χ4v) is 12.0. The predicted octanol–water partition coefficient (Wildman–Crippen LogP) is 24.3. The number of hydrogen-bond donors (Lipinski definition) is 0. The Balaban J connectivity index is 0.000000157. The predicted molar refractivity (Wildman–Crippen MR) is 415 cm³/mol. The number of aryl methyl sites for hydroxylation is 12. The average Bonchev–Trinajstić information content (AvgIpc) is 0.822. The summed E-state index contributed by atoms with van der Waals surface area (Å²) >= 11 is 0. The smallest absolute Gasteiger partial charge is 0.0688 e. The minimum atomic E-state index is 1.04. The van der Waals surface area contributed by atoms with Gasteiger partial charge in [-0.2, -0.15) is 0 Å². The van der Waals surface area contributed by atoms with Gasteiger partial charge in [0.1, 0.15) is 0 Å². The van der Waals surface area contributed by atoms with Crippen LogP contribution in [-0.2, 0) is 0 Å². The van der Waals surface area contributed by atoms with Crippen LogP contribution in [0.2, 0.25) is 0 Å². The standard InChI is InChI=1S/3C30H28N2/c3*1-21-15-27(16-22(2)29(21)31-19-25-11-7-5-8-12-25)28-17-23(3)30(24(4)18-28)32-20-26-13-9-6-10-14-26/h3*5-20H,1-4H3. The van der Waals surface area contributed by atoms with Gasteiger partial charge in [-0.1, -0.05) is 182 Å². The molecule has 0 N–H and O–H groups in total. The maximum Gasteiger partial charge on any atom is 0.0688 e. The van der Waals surface area contributed by atoms with Gasteiger partial charge < -0.3 is 0 Å². The Morgan fingerprint density at radius 2 is 0.260 bits per heavy atom. The van der Waals surface area contributed by atoms with Gasteiger partial charge in [-0.05, 0) is 289 Å². The zero-order valence-electron chi connectivity index (χ0n) is 57.4. The van der Waals surface area contributed by atoms with Crippen molar-refractivity contribution in [2.75, 3.05) is 0 Å². The van der Waals surface area contributed by atoms with Crippen LogP contribution in [0.1, 0.15) is 100 Å². The first-order chi connectivity index (χ1) is 46.5. The Labute approximate surface area is 569 Å². The zero-order chi connectivity index (χ0) is 67.5. The molecule has 0 aromatic heterocycles. The molecule has 0 amide bonds. The minimum Gasteiger partial charge on any atom is -0.256 e. The van der Waals surface area contributed by atoms with Crippen molar-refractivity contribution in [3.8, 4) is 33.4 Å². The number of benzene rings is 12. The highest BCUT2D eigenvalue weighted by atomic mass is 14.8. The van der Waals surface area contributed by atoms with Gasteiger partial charge in [0.25, 0.3) is 0 Å². The molecular weight excluding hydrogens is 1170 g/mol. The second-order valence-corrected chi connectivity index (χ2v) is 24.8.